The first-order valence-electron chi connectivity index (χ1n) is 9.46. The highest BCUT2D eigenvalue weighted by Gasteiger charge is 2.33. The van der Waals surface area contributed by atoms with Gasteiger partial charge in [0.15, 0.2) is 0 Å². The molecule has 136 valence electrons. The molecule has 0 aromatic carbocycles. The van der Waals surface area contributed by atoms with Crippen LogP contribution in [0.25, 0.3) is 10.2 Å². The van der Waals surface area contributed by atoms with Gasteiger partial charge in [0.25, 0.3) is 0 Å². The van der Waals surface area contributed by atoms with Crippen molar-refractivity contribution in [1.82, 2.24) is 9.97 Å². The standard InChI is InChI=1S/C19H27N3O2S/c1-2-19(20)8-5-13(6-9-19)24-17-16-15-12(7-10-23)3-4-14(15)25-18(16)22-11-21-17/h11-13,23H,2-10,20H2,1H3/t12-,13?,19?/m1/s1. The van der Waals surface area contributed by atoms with Crippen LogP contribution < -0.4 is 10.5 Å². The predicted octanol–water partition coefficient (Wildman–Crippen LogP) is 3.53. The van der Waals surface area contributed by atoms with E-state index >= 15 is 0 Å². The van der Waals surface area contributed by atoms with Gasteiger partial charge in [-0.15, -0.1) is 11.3 Å². The number of nitrogens with zero attached hydrogens (tertiary/aromatic N) is 2. The van der Waals surface area contributed by atoms with Gasteiger partial charge in [0.2, 0.25) is 5.88 Å². The van der Waals surface area contributed by atoms with Gasteiger partial charge >= 0.3 is 0 Å². The SMILES string of the molecule is CCC1(N)CCC(Oc2ncnc3sc4c(c23)[C@@H](CCO)CC4)CC1. The molecule has 3 N–H and O–H groups in total. The van der Waals surface area contributed by atoms with Crippen molar-refractivity contribution < 1.29 is 9.84 Å². The van der Waals surface area contributed by atoms with Crippen molar-refractivity contribution in [3.8, 4) is 5.88 Å². The average Bonchev–Trinajstić information content (AvgIpc) is 3.18. The van der Waals surface area contributed by atoms with Crippen LogP contribution in [0.4, 0.5) is 0 Å². The van der Waals surface area contributed by atoms with E-state index < -0.39 is 0 Å². The molecule has 2 aromatic heterocycles. The maximum atomic E-state index is 9.39. The fourth-order valence-corrected chi connectivity index (χ4v) is 5.60. The molecule has 5 nitrogen and oxygen atoms in total. The summed E-state index contributed by atoms with van der Waals surface area (Å²) in [7, 11) is 0. The summed E-state index contributed by atoms with van der Waals surface area (Å²) in [5, 5.41) is 10.5. The topological polar surface area (TPSA) is 81.3 Å². The van der Waals surface area contributed by atoms with Crippen LogP contribution in [0.15, 0.2) is 6.33 Å². The van der Waals surface area contributed by atoms with Gasteiger partial charge in [-0.1, -0.05) is 6.92 Å². The first-order valence-corrected chi connectivity index (χ1v) is 10.3. The molecule has 25 heavy (non-hydrogen) atoms. The van der Waals surface area contributed by atoms with Crippen LogP contribution >= 0.6 is 11.3 Å². The normalized spacial score (nSPS) is 29.1. The van der Waals surface area contributed by atoms with Crippen molar-refractivity contribution in [3.05, 3.63) is 16.8 Å². The minimum atomic E-state index is -0.0172. The Bertz CT molecular complexity index is 752. The van der Waals surface area contributed by atoms with Crippen LogP contribution in [0, 0.1) is 0 Å². The molecule has 0 radical (unpaired) electrons. The lowest BCUT2D eigenvalue weighted by Gasteiger charge is -2.36. The lowest BCUT2D eigenvalue weighted by molar-refractivity contribution is 0.113. The van der Waals surface area contributed by atoms with Gasteiger partial charge < -0.3 is 15.6 Å². The molecule has 6 heteroatoms. The second-order valence-electron chi connectivity index (χ2n) is 7.58. The smallest absolute Gasteiger partial charge is 0.225 e. The highest BCUT2D eigenvalue weighted by Crippen LogP contribution is 2.47. The number of thiophene rings is 1. The first kappa shape index (κ1) is 17.2. The van der Waals surface area contributed by atoms with E-state index in [1.54, 1.807) is 17.7 Å². The molecule has 0 saturated heterocycles. The zero-order chi connectivity index (χ0) is 17.4. The third-order valence-corrected chi connectivity index (χ3v) is 7.26. The van der Waals surface area contributed by atoms with E-state index in [-0.39, 0.29) is 18.2 Å². The van der Waals surface area contributed by atoms with Gasteiger partial charge in [0.05, 0.1) is 5.39 Å². The van der Waals surface area contributed by atoms with Crippen LogP contribution in [0.1, 0.15) is 68.2 Å². The van der Waals surface area contributed by atoms with E-state index in [9.17, 15) is 5.11 Å². The molecule has 0 unspecified atom stereocenters. The van der Waals surface area contributed by atoms with Crippen LogP contribution in [0.3, 0.4) is 0 Å². The highest BCUT2D eigenvalue weighted by atomic mass is 32.1. The van der Waals surface area contributed by atoms with Crippen molar-refractivity contribution in [2.45, 2.75) is 75.9 Å². The summed E-state index contributed by atoms with van der Waals surface area (Å²) in [6, 6.07) is 0. The quantitative estimate of drug-likeness (QED) is 0.851. The van der Waals surface area contributed by atoms with E-state index in [0.717, 1.165) is 67.5 Å². The summed E-state index contributed by atoms with van der Waals surface area (Å²) in [5.74, 6) is 1.14. The number of rotatable bonds is 5. The van der Waals surface area contributed by atoms with Crippen LogP contribution in [0.5, 0.6) is 5.88 Å². The predicted molar refractivity (Wildman–Crippen MR) is 100 cm³/mol. The summed E-state index contributed by atoms with van der Waals surface area (Å²) < 4.78 is 6.35. The minimum absolute atomic E-state index is 0.0172. The lowest BCUT2D eigenvalue weighted by Crippen LogP contribution is -2.44. The molecular formula is C19H27N3O2S. The Morgan fingerprint density at radius 3 is 2.84 bits per heavy atom. The Morgan fingerprint density at radius 2 is 2.12 bits per heavy atom. The number of aryl methyl sites for hydroxylation is 1. The molecular weight excluding hydrogens is 334 g/mol. The molecule has 1 fully saturated rings. The van der Waals surface area contributed by atoms with Crippen molar-refractivity contribution in [2.75, 3.05) is 6.61 Å². The van der Waals surface area contributed by atoms with Gasteiger partial charge in [0, 0.05) is 17.0 Å². The largest absolute Gasteiger partial charge is 0.474 e. The van der Waals surface area contributed by atoms with Gasteiger partial charge in [-0.2, -0.15) is 0 Å². The minimum Gasteiger partial charge on any atom is -0.474 e. The number of hydrogen-bond donors (Lipinski definition) is 2. The zero-order valence-corrected chi connectivity index (χ0v) is 15.6. The van der Waals surface area contributed by atoms with E-state index in [4.69, 9.17) is 10.5 Å². The van der Waals surface area contributed by atoms with E-state index in [0.29, 0.717) is 5.92 Å². The first-order chi connectivity index (χ1) is 12.1. The van der Waals surface area contributed by atoms with Crippen molar-refractivity contribution in [2.24, 2.45) is 5.73 Å². The van der Waals surface area contributed by atoms with E-state index in [1.165, 1.54) is 10.4 Å². The van der Waals surface area contributed by atoms with Gasteiger partial charge in [-0.3, -0.25) is 0 Å². The number of fused-ring (bicyclic) bond motifs is 3. The van der Waals surface area contributed by atoms with E-state index in [2.05, 4.69) is 16.9 Å². The van der Waals surface area contributed by atoms with Crippen LogP contribution in [0.2, 0.25) is 0 Å². The average molecular weight is 362 g/mol. The number of nitrogens with two attached hydrogens (primary N) is 1. The second kappa shape index (κ2) is 6.82. The third kappa shape index (κ3) is 3.15. The summed E-state index contributed by atoms with van der Waals surface area (Å²) in [6.45, 7) is 2.40. The van der Waals surface area contributed by atoms with Gasteiger partial charge in [-0.25, -0.2) is 9.97 Å². The van der Waals surface area contributed by atoms with Crippen molar-refractivity contribution in [3.63, 3.8) is 0 Å². The maximum absolute atomic E-state index is 9.39. The Kier molecular flexibility index (Phi) is 4.69. The monoisotopic (exact) mass is 361 g/mol. The molecule has 2 heterocycles. The molecule has 0 spiro atoms. The maximum Gasteiger partial charge on any atom is 0.225 e. The molecule has 2 aliphatic rings. The van der Waals surface area contributed by atoms with Crippen molar-refractivity contribution >= 4 is 21.6 Å². The number of aromatic nitrogens is 2. The fraction of sp³-hybridized carbons (Fsp3) is 0.684. The summed E-state index contributed by atoms with van der Waals surface area (Å²) in [6.07, 6.45) is 9.83. The van der Waals surface area contributed by atoms with Crippen molar-refractivity contribution in [1.29, 1.82) is 0 Å². The highest BCUT2D eigenvalue weighted by molar-refractivity contribution is 7.19. The van der Waals surface area contributed by atoms with Gasteiger partial charge in [0.1, 0.15) is 17.3 Å². The van der Waals surface area contributed by atoms with Gasteiger partial charge in [-0.05, 0) is 62.8 Å². The number of aliphatic hydroxyl groups excluding tert-OH is 1. The summed E-state index contributed by atoms with van der Waals surface area (Å²) in [5.41, 5.74) is 7.73. The molecule has 4 rings (SSSR count). The summed E-state index contributed by atoms with van der Waals surface area (Å²) >= 11 is 1.76. The Labute approximate surface area is 152 Å². The Morgan fingerprint density at radius 1 is 1.32 bits per heavy atom. The molecule has 1 atom stereocenters. The molecule has 0 aliphatic heterocycles. The van der Waals surface area contributed by atoms with Crippen LogP contribution in [-0.2, 0) is 6.42 Å². The molecule has 1 saturated carbocycles. The summed E-state index contributed by atoms with van der Waals surface area (Å²) in [4.78, 5) is 11.4. The zero-order valence-electron chi connectivity index (χ0n) is 14.8. The number of hydrogen-bond acceptors (Lipinski definition) is 6. The number of aliphatic hydroxyl groups is 1. The second-order valence-corrected chi connectivity index (χ2v) is 8.66. The van der Waals surface area contributed by atoms with Crippen LogP contribution in [-0.4, -0.2) is 33.3 Å². The number of ether oxygens (including phenoxy) is 1. The molecule has 0 bridgehead atoms. The Balaban J connectivity index is 1.60. The fourth-order valence-electron chi connectivity index (χ4n) is 4.37. The lowest BCUT2D eigenvalue weighted by atomic mass is 9.79. The molecule has 0 amide bonds. The Hall–Kier alpha value is -1.24. The van der Waals surface area contributed by atoms with E-state index in [1.807, 2.05) is 0 Å². The molecule has 2 aliphatic carbocycles. The molecule has 2 aromatic rings. The third-order valence-electron chi connectivity index (χ3n) is 6.08.